The first-order valence-corrected chi connectivity index (χ1v) is 10.2. The molecule has 1 N–H and O–H groups in total. The van der Waals surface area contributed by atoms with Gasteiger partial charge in [-0.25, -0.2) is 4.79 Å². The Kier molecular flexibility index (Phi) is 5.06. The summed E-state index contributed by atoms with van der Waals surface area (Å²) in [6.45, 7) is 1.11. The van der Waals surface area contributed by atoms with Gasteiger partial charge < -0.3 is 19.5 Å². The van der Waals surface area contributed by atoms with Gasteiger partial charge in [0.05, 0.1) is 12.6 Å². The van der Waals surface area contributed by atoms with E-state index in [-0.39, 0.29) is 6.61 Å². The Hall–Kier alpha value is -4.14. The van der Waals surface area contributed by atoms with E-state index in [1.165, 1.54) is 4.90 Å². The predicted molar refractivity (Wildman–Crippen MR) is 118 cm³/mol. The van der Waals surface area contributed by atoms with Gasteiger partial charge in [0.2, 0.25) is 0 Å². The van der Waals surface area contributed by atoms with Crippen molar-refractivity contribution in [2.45, 2.75) is 13.0 Å². The average Bonchev–Trinajstić information content (AvgIpc) is 3.24. The van der Waals surface area contributed by atoms with Gasteiger partial charge in [-0.3, -0.25) is 9.38 Å². The predicted octanol–water partition coefficient (Wildman–Crippen LogP) is 3.63. The second-order valence-electron chi connectivity index (χ2n) is 7.45. The highest BCUT2D eigenvalue weighted by Crippen LogP contribution is 2.28. The molecule has 0 saturated heterocycles. The number of carboxylic acid groups (broad SMARTS) is 1. The lowest BCUT2D eigenvalue weighted by molar-refractivity contribution is 0.150. The van der Waals surface area contributed by atoms with Crippen molar-refractivity contribution in [3.05, 3.63) is 66.3 Å². The summed E-state index contributed by atoms with van der Waals surface area (Å²) in [6, 6.07) is 11.4. The van der Waals surface area contributed by atoms with E-state index in [2.05, 4.69) is 15.2 Å². The Labute approximate surface area is 183 Å². The smallest absolute Gasteiger partial charge is 0.407 e. The summed E-state index contributed by atoms with van der Waals surface area (Å²) in [5, 5.41) is 18.6. The Morgan fingerprint density at radius 2 is 2.09 bits per heavy atom. The fraction of sp³-hybridized carbons (Fsp3) is 0.217. The van der Waals surface area contributed by atoms with E-state index in [0.717, 1.165) is 33.4 Å². The van der Waals surface area contributed by atoms with Crippen molar-refractivity contribution in [2.75, 3.05) is 20.2 Å². The van der Waals surface area contributed by atoms with E-state index < -0.39 is 6.09 Å². The van der Waals surface area contributed by atoms with Gasteiger partial charge in [-0.05, 0) is 47.9 Å². The van der Waals surface area contributed by atoms with Gasteiger partial charge in [-0.1, -0.05) is 6.08 Å². The third-order valence-electron chi connectivity index (χ3n) is 5.59. The van der Waals surface area contributed by atoms with Crippen LogP contribution in [0.1, 0.15) is 17.8 Å². The van der Waals surface area contributed by atoms with Crippen molar-refractivity contribution >= 4 is 28.2 Å². The third kappa shape index (κ3) is 3.68. The van der Waals surface area contributed by atoms with Crippen LogP contribution in [-0.2, 0) is 6.61 Å². The van der Waals surface area contributed by atoms with Crippen molar-refractivity contribution < 1.29 is 19.4 Å². The minimum absolute atomic E-state index is 0.238. The zero-order valence-corrected chi connectivity index (χ0v) is 17.4. The van der Waals surface area contributed by atoms with Crippen molar-refractivity contribution in [3.8, 4) is 11.5 Å². The first kappa shape index (κ1) is 19.8. The largest absolute Gasteiger partial charge is 0.497 e. The lowest BCUT2D eigenvalue weighted by atomic mass is 10.0. The number of methoxy groups -OCH3 is 1. The molecule has 162 valence electrons. The number of benzene rings is 1. The van der Waals surface area contributed by atoms with Crippen molar-refractivity contribution in [1.29, 1.82) is 0 Å². The average molecular weight is 431 g/mol. The third-order valence-corrected chi connectivity index (χ3v) is 5.59. The molecule has 4 aromatic rings. The highest BCUT2D eigenvalue weighted by molar-refractivity contribution is 5.86. The van der Waals surface area contributed by atoms with Gasteiger partial charge in [0.1, 0.15) is 18.1 Å². The maximum Gasteiger partial charge on any atom is 0.407 e. The van der Waals surface area contributed by atoms with Crippen LogP contribution in [0, 0.1) is 0 Å². The first-order valence-electron chi connectivity index (χ1n) is 10.2. The molecule has 1 aliphatic rings. The van der Waals surface area contributed by atoms with Crippen molar-refractivity contribution in [1.82, 2.24) is 24.5 Å². The maximum atomic E-state index is 11.1. The van der Waals surface area contributed by atoms with Gasteiger partial charge in [-0.2, -0.15) is 0 Å². The summed E-state index contributed by atoms with van der Waals surface area (Å²) in [7, 11) is 1.62. The number of pyridine rings is 2. The van der Waals surface area contributed by atoms with Gasteiger partial charge in [0.15, 0.2) is 11.5 Å². The fourth-order valence-corrected chi connectivity index (χ4v) is 3.83. The van der Waals surface area contributed by atoms with E-state index in [1.54, 1.807) is 13.3 Å². The maximum absolute atomic E-state index is 11.1. The lowest BCUT2D eigenvalue weighted by Crippen LogP contribution is -2.33. The number of amides is 1. The normalized spacial score (nSPS) is 13.9. The molecule has 3 aromatic heterocycles. The SMILES string of the molecule is COc1ccc2c(OCc3nnc4ccc(C5=CCN(C(=O)O)CC5)cn34)ccnc2c1. The van der Waals surface area contributed by atoms with E-state index in [1.807, 2.05) is 53.1 Å². The summed E-state index contributed by atoms with van der Waals surface area (Å²) in [5.41, 5.74) is 3.64. The van der Waals surface area contributed by atoms with Crippen LogP contribution in [0.2, 0.25) is 0 Å². The summed E-state index contributed by atoms with van der Waals surface area (Å²) < 4.78 is 13.3. The van der Waals surface area contributed by atoms with Crippen LogP contribution in [0.4, 0.5) is 4.79 Å². The van der Waals surface area contributed by atoms with Crippen LogP contribution in [-0.4, -0.2) is 55.9 Å². The Morgan fingerprint density at radius 3 is 2.88 bits per heavy atom. The number of fused-ring (bicyclic) bond motifs is 2. The lowest BCUT2D eigenvalue weighted by Gasteiger charge is -2.23. The summed E-state index contributed by atoms with van der Waals surface area (Å²) in [5.74, 6) is 2.11. The minimum atomic E-state index is -0.893. The standard InChI is InChI=1S/C23H21N5O4/c1-31-17-3-4-18-19(12-17)24-9-6-20(18)32-14-22-26-25-21-5-2-16(13-28(21)22)15-7-10-27(11-8-15)23(29)30/h2-7,9,12-13H,8,10-11,14H2,1H3,(H,29,30). The molecule has 0 aliphatic carbocycles. The fourth-order valence-electron chi connectivity index (χ4n) is 3.83. The molecule has 1 aromatic carbocycles. The Bertz CT molecular complexity index is 1350. The van der Waals surface area contributed by atoms with Crippen LogP contribution in [0.5, 0.6) is 11.5 Å². The highest BCUT2D eigenvalue weighted by Gasteiger charge is 2.17. The first-order chi connectivity index (χ1) is 15.6. The number of nitrogens with zero attached hydrogens (tertiary/aromatic N) is 5. The van der Waals surface area contributed by atoms with Crippen LogP contribution in [0.3, 0.4) is 0 Å². The minimum Gasteiger partial charge on any atom is -0.497 e. The zero-order valence-electron chi connectivity index (χ0n) is 17.4. The molecule has 9 nitrogen and oxygen atoms in total. The molecule has 1 amide bonds. The number of carbonyl (C=O) groups is 1. The Morgan fingerprint density at radius 1 is 1.19 bits per heavy atom. The van der Waals surface area contributed by atoms with Crippen molar-refractivity contribution in [2.24, 2.45) is 0 Å². The number of hydrogen-bond acceptors (Lipinski definition) is 6. The molecule has 0 spiro atoms. The quantitative estimate of drug-likeness (QED) is 0.515. The summed E-state index contributed by atoms with van der Waals surface area (Å²) >= 11 is 0. The van der Waals surface area contributed by atoms with E-state index in [0.29, 0.717) is 31.1 Å². The van der Waals surface area contributed by atoms with E-state index in [9.17, 15) is 4.79 Å². The molecule has 0 saturated carbocycles. The molecule has 0 fully saturated rings. The molecule has 9 heteroatoms. The molecule has 0 radical (unpaired) electrons. The number of rotatable bonds is 5. The van der Waals surface area contributed by atoms with Crippen LogP contribution >= 0.6 is 0 Å². The van der Waals surface area contributed by atoms with Crippen LogP contribution in [0.25, 0.3) is 22.1 Å². The summed E-state index contributed by atoms with van der Waals surface area (Å²) in [4.78, 5) is 16.9. The second kappa shape index (κ2) is 8.18. The van der Waals surface area contributed by atoms with Gasteiger partial charge in [-0.15, -0.1) is 10.2 Å². The molecule has 0 unspecified atom stereocenters. The van der Waals surface area contributed by atoms with E-state index >= 15 is 0 Å². The second-order valence-corrected chi connectivity index (χ2v) is 7.45. The molecule has 5 rings (SSSR count). The van der Waals surface area contributed by atoms with E-state index in [4.69, 9.17) is 14.6 Å². The summed E-state index contributed by atoms with van der Waals surface area (Å²) in [6.07, 6.45) is 5.41. The number of aromatic nitrogens is 4. The van der Waals surface area contributed by atoms with Gasteiger partial charge in [0, 0.05) is 36.9 Å². The molecular formula is C23H21N5O4. The number of ether oxygens (including phenoxy) is 2. The van der Waals surface area contributed by atoms with Crippen LogP contribution in [0.15, 0.2) is 54.9 Å². The molecule has 1 aliphatic heterocycles. The zero-order chi connectivity index (χ0) is 22.1. The molecule has 4 heterocycles. The monoisotopic (exact) mass is 431 g/mol. The van der Waals surface area contributed by atoms with Gasteiger partial charge in [0.25, 0.3) is 0 Å². The molecule has 32 heavy (non-hydrogen) atoms. The van der Waals surface area contributed by atoms with Crippen molar-refractivity contribution in [3.63, 3.8) is 0 Å². The molecular weight excluding hydrogens is 410 g/mol. The van der Waals surface area contributed by atoms with Gasteiger partial charge >= 0.3 is 6.09 Å². The van der Waals surface area contributed by atoms with Crippen LogP contribution < -0.4 is 9.47 Å². The Balaban J connectivity index is 1.39. The molecule has 0 atom stereocenters. The number of hydrogen-bond donors (Lipinski definition) is 1. The molecule has 0 bridgehead atoms. The highest BCUT2D eigenvalue weighted by atomic mass is 16.5. The topological polar surface area (TPSA) is 102 Å².